The van der Waals surface area contributed by atoms with Gasteiger partial charge in [-0.25, -0.2) is 0 Å². The van der Waals surface area contributed by atoms with Crippen LogP contribution >= 0.6 is 0 Å². The molecule has 1 unspecified atom stereocenters. The number of anilines is 1. The number of amides is 2. The normalized spacial score (nSPS) is 12.0. The zero-order valence-electron chi connectivity index (χ0n) is 11.8. The molecule has 5 N–H and O–H groups in total. The van der Waals surface area contributed by atoms with Gasteiger partial charge in [-0.3, -0.25) is 9.59 Å². The summed E-state index contributed by atoms with van der Waals surface area (Å²) in [6.45, 7) is 4.61. The smallest absolute Gasteiger partial charge is 0.241 e. The molecule has 1 aromatic carbocycles. The lowest BCUT2D eigenvalue weighted by Crippen LogP contribution is -2.39. The molecule has 1 aromatic rings. The molecular formula is C14H21N3O3. The number of benzene rings is 1. The van der Waals surface area contributed by atoms with Crippen LogP contribution in [0.1, 0.15) is 20.3 Å². The molecule has 2 amide bonds. The maximum absolute atomic E-state index is 11.8. The minimum absolute atomic E-state index is 0.194. The second-order valence-electron chi connectivity index (χ2n) is 4.97. The van der Waals surface area contributed by atoms with E-state index in [2.05, 4.69) is 5.32 Å². The lowest BCUT2D eigenvalue weighted by molar-refractivity contribution is -0.123. The average Bonchev–Trinajstić information content (AvgIpc) is 2.36. The molecule has 0 aliphatic heterocycles. The first kappa shape index (κ1) is 16.0. The van der Waals surface area contributed by atoms with E-state index in [1.165, 1.54) is 0 Å². The van der Waals surface area contributed by atoms with E-state index in [4.69, 9.17) is 16.2 Å². The van der Waals surface area contributed by atoms with Crippen molar-refractivity contribution in [3.8, 4) is 5.75 Å². The van der Waals surface area contributed by atoms with Gasteiger partial charge in [0, 0.05) is 0 Å². The number of ether oxygens (including phenoxy) is 1. The molecule has 0 radical (unpaired) electrons. The Balaban J connectivity index is 2.71. The van der Waals surface area contributed by atoms with E-state index >= 15 is 0 Å². The van der Waals surface area contributed by atoms with E-state index in [-0.39, 0.29) is 6.42 Å². The fraction of sp³-hybridized carbons (Fsp3) is 0.429. The van der Waals surface area contributed by atoms with Crippen LogP contribution in [0.5, 0.6) is 5.75 Å². The lowest BCUT2D eigenvalue weighted by atomic mass is 10.2. The molecule has 0 aromatic heterocycles. The third-order valence-electron chi connectivity index (χ3n) is 2.47. The van der Waals surface area contributed by atoms with Gasteiger partial charge in [-0.05, 0) is 18.1 Å². The Morgan fingerprint density at radius 3 is 2.55 bits per heavy atom. The molecule has 0 aliphatic carbocycles. The van der Waals surface area contributed by atoms with Crippen LogP contribution in [0.3, 0.4) is 0 Å². The third-order valence-corrected chi connectivity index (χ3v) is 2.47. The molecular weight excluding hydrogens is 258 g/mol. The van der Waals surface area contributed by atoms with Crippen molar-refractivity contribution in [2.75, 3.05) is 11.9 Å². The predicted molar refractivity (Wildman–Crippen MR) is 77.2 cm³/mol. The number of carbonyl (C=O) groups excluding carboxylic acids is 2. The van der Waals surface area contributed by atoms with Gasteiger partial charge in [0.1, 0.15) is 5.75 Å². The summed E-state index contributed by atoms with van der Waals surface area (Å²) in [6.07, 6.45) is -0.194. The number of rotatable bonds is 7. The van der Waals surface area contributed by atoms with Crippen molar-refractivity contribution in [2.45, 2.75) is 26.3 Å². The Kier molecular flexibility index (Phi) is 5.99. The number of para-hydroxylation sites is 2. The monoisotopic (exact) mass is 279 g/mol. The highest BCUT2D eigenvalue weighted by molar-refractivity contribution is 5.98. The molecule has 0 aliphatic rings. The van der Waals surface area contributed by atoms with Crippen LogP contribution in [0.15, 0.2) is 24.3 Å². The van der Waals surface area contributed by atoms with Crippen molar-refractivity contribution in [1.82, 2.24) is 0 Å². The minimum Gasteiger partial charge on any atom is -0.491 e. The maximum atomic E-state index is 11.8. The van der Waals surface area contributed by atoms with Crippen LogP contribution in [0.25, 0.3) is 0 Å². The molecule has 1 atom stereocenters. The van der Waals surface area contributed by atoms with Gasteiger partial charge in [-0.2, -0.15) is 0 Å². The quantitative estimate of drug-likeness (QED) is 0.688. The molecule has 6 heteroatoms. The highest BCUT2D eigenvalue weighted by Gasteiger charge is 2.17. The summed E-state index contributed by atoms with van der Waals surface area (Å²) in [7, 11) is 0. The van der Waals surface area contributed by atoms with E-state index < -0.39 is 17.9 Å². The second kappa shape index (κ2) is 7.49. The number of hydrogen-bond acceptors (Lipinski definition) is 4. The lowest BCUT2D eigenvalue weighted by Gasteiger charge is -2.15. The number of carbonyl (C=O) groups is 2. The van der Waals surface area contributed by atoms with Crippen molar-refractivity contribution >= 4 is 17.5 Å². The largest absolute Gasteiger partial charge is 0.491 e. The summed E-state index contributed by atoms with van der Waals surface area (Å²) >= 11 is 0. The first-order valence-corrected chi connectivity index (χ1v) is 6.46. The van der Waals surface area contributed by atoms with Crippen molar-refractivity contribution in [2.24, 2.45) is 17.4 Å². The van der Waals surface area contributed by atoms with Gasteiger partial charge in [0.05, 0.1) is 24.8 Å². The van der Waals surface area contributed by atoms with Crippen LogP contribution < -0.4 is 21.5 Å². The number of nitrogens with two attached hydrogens (primary N) is 2. The molecule has 110 valence electrons. The summed E-state index contributed by atoms with van der Waals surface area (Å²) < 4.78 is 5.61. The fourth-order valence-corrected chi connectivity index (χ4v) is 1.49. The van der Waals surface area contributed by atoms with Gasteiger partial charge in [0.2, 0.25) is 11.8 Å². The molecule has 0 fully saturated rings. The minimum atomic E-state index is -0.967. The van der Waals surface area contributed by atoms with Crippen LogP contribution in [0.2, 0.25) is 0 Å². The Labute approximate surface area is 118 Å². The van der Waals surface area contributed by atoms with Crippen molar-refractivity contribution < 1.29 is 14.3 Å². The van der Waals surface area contributed by atoms with Gasteiger partial charge in [0.15, 0.2) is 0 Å². The summed E-state index contributed by atoms with van der Waals surface area (Å²) in [5.74, 6) is -0.141. The first-order chi connectivity index (χ1) is 9.40. The Bertz CT molecular complexity index is 474. The van der Waals surface area contributed by atoms with Crippen molar-refractivity contribution in [1.29, 1.82) is 0 Å². The van der Waals surface area contributed by atoms with Gasteiger partial charge in [-0.15, -0.1) is 0 Å². The van der Waals surface area contributed by atoms with E-state index in [9.17, 15) is 9.59 Å². The van der Waals surface area contributed by atoms with Crippen LogP contribution in [0, 0.1) is 5.92 Å². The maximum Gasteiger partial charge on any atom is 0.241 e. The van der Waals surface area contributed by atoms with Crippen LogP contribution in [-0.4, -0.2) is 24.5 Å². The molecule has 20 heavy (non-hydrogen) atoms. The van der Waals surface area contributed by atoms with E-state index in [0.717, 1.165) is 0 Å². The van der Waals surface area contributed by atoms with Gasteiger partial charge >= 0.3 is 0 Å². The topological polar surface area (TPSA) is 107 Å². The molecule has 0 saturated carbocycles. The fourth-order valence-electron chi connectivity index (χ4n) is 1.49. The summed E-state index contributed by atoms with van der Waals surface area (Å²) in [5.41, 5.74) is 11.1. The number of nitrogens with one attached hydrogen (secondary N) is 1. The van der Waals surface area contributed by atoms with Gasteiger partial charge in [0.25, 0.3) is 0 Å². The van der Waals surface area contributed by atoms with E-state index in [1.54, 1.807) is 18.2 Å². The highest BCUT2D eigenvalue weighted by atomic mass is 16.5. The Hall–Kier alpha value is -2.08. The molecule has 6 nitrogen and oxygen atoms in total. The van der Waals surface area contributed by atoms with Gasteiger partial charge in [-0.1, -0.05) is 26.0 Å². The SMILES string of the molecule is CC(C)COc1ccccc1NC(=O)C(N)CC(N)=O. The molecule has 0 spiro atoms. The first-order valence-electron chi connectivity index (χ1n) is 6.46. The Morgan fingerprint density at radius 2 is 1.95 bits per heavy atom. The van der Waals surface area contributed by atoms with E-state index in [1.807, 2.05) is 19.9 Å². The molecule has 1 rings (SSSR count). The summed E-state index contributed by atoms with van der Waals surface area (Å²) in [5, 5.41) is 2.64. The van der Waals surface area contributed by atoms with Crippen molar-refractivity contribution in [3.05, 3.63) is 24.3 Å². The van der Waals surface area contributed by atoms with Crippen LogP contribution in [-0.2, 0) is 9.59 Å². The number of primary amides is 1. The third kappa shape index (κ3) is 5.27. The van der Waals surface area contributed by atoms with Crippen LogP contribution in [0.4, 0.5) is 5.69 Å². The van der Waals surface area contributed by atoms with E-state index in [0.29, 0.717) is 24.0 Å². The molecule has 0 saturated heterocycles. The standard InChI is InChI=1S/C14H21N3O3/c1-9(2)8-20-12-6-4-3-5-11(12)17-14(19)10(15)7-13(16)18/h3-6,9-10H,7-8,15H2,1-2H3,(H2,16,18)(H,17,19). The molecule has 0 bridgehead atoms. The zero-order valence-corrected chi connectivity index (χ0v) is 11.8. The summed E-state index contributed by atoms with van der Waals surface area (Å²) in [4.78, 5) is 22.6. The zero-order chi connectivity index (χ0) is 15.1. The Morgan fingerprint density at radius 1 is 1.30 bits per heavy atom. The molecule has 0 heterocycles. The highest BCUT2D eigenvalue weighted by Crippen LogP contribution is 2.24. The van der Waals surface area contributed by atoms with Gasteiger partial charge < -0.3 is 21.5 Å². The number of hydrogen-bond donors (Lipinski definition) is 3. The average molecular weight is 279 g/mol. The second-order valence-corrected chi connectivity index (χ2v) is 4.97. The summed E-state index contributed by atoms with van der Waals surface area (Å²) in [6, 6.07) is 6.10. The predicted octanol–water partition coefficient (Wildman–Crippen LogP) is 0.863. The van der Waals surface area contributed by atoms with Crippen molar-refractivity contribution in [3.63, 3.8) is 0 Å².